The van der Waals surface area contributed by atoms with Crippen LogP contribution in [0.1, 0.15) is 0 Å². The highest BCUT2D eigenvalue weighted by molar-refractivity contribution is 6.47. The van der Waals surface area contributed by atoms with Gasteiger partial charge in [0.15, 0.2) is 5.76 Å². The number of carbonyl (C=O) groups is 2. The van der Waals surface area contributed by atoms with Crippen LogP contribution in [0.5, 0.6) is 0 Å². The molecule has 0 saturated carbocycles. The Balaban J connectivity index is 2.94. The molecule has 46 valence electrons. The van der Waals surface area contributed by atoms with Crippen molar-refractivity contribution in [2.24, 2.45) is 0 Å². The first kappa shape index (κ1) is 5.75. The van der Waals surface area contributed by atoms with E-state index in [1.165, 1.54) is 0 Å². The number of hydrogen-bond acceptors (Lipinski definition) is 3. The van der Waals surface area contributed by atoms with E-state index in [-0.39, 0.29) is 5.76 Å². The van der Waals surface area contributed by atoms with Crippen LogP contribution in [-0.2, 0) is 14.3 Å². The summed E-state index contributed by atoms with van der Waals surface area (Å²) in [6, 6.07) is 0. The van der Waals surface area contributed by atoms with Gasteiger partial charge in [0.05, 0.1) is 6.26 Å². The zero-order chi connectivity index (χ0) is 6.85. The first-order valence-electron chi connectivity index (χ1n) is 2.32. The smallest absolute Gasteiger partial charge is 0.267 e. The SMILES string of the molecule is C=C1OC=CC(=O)C1=O. The second-order valence-electron chi connectivity index (χ2n) is 1.54. The van der Waals surface area contributed by atoms with Crippen molar-refractivity contribution >= 4 is 11.6 Å². The van der Waals surface area contributed by atoms with E-state index >= 15 is 0 Å². The molecule has 0 radical (unpaired) electrons. The van der Waals surface area contributed by atoms with Crippen molar-refractivity contribution in [3.63, 3.8) is 0 Å². The van der Waals surface area contributed by atoms with Crippen molar-refractivity contribution in [2.75, 3.05) is 0 Å². The molecule has 0 amide bonds. The van der Waals surface area contributed by atoms with Gasteiger partial charge in [-0.15, -0.1) is 0 Å². The Morgan fingerprint density at radius 1 is 1.44 bits per heavy atom. The number of hydrogen-bond donors (Lipinski definition) is 0. The van der Waals surface area contributed by atoms with Crippen molar-refractivity contribution in [3.8, 4) is 0 Å². The average Bonchev–Trinajstić information content (AvgIpc) is 1.83. The van der Waals surface area contributed by atoms with Crippen LogP contribution in [0.3, 0.4) is 0 Å². The number of ketones is 2. The Labute approximate surface area is 51.6 Å². The van der Waals surface area contributed by atoms with E-state index < -0.39 is 11.6 Å². The molecular weight excluding hydrogens is 120 g/mol. The van der Waals surface area contributed by atoms with Gasteiger partial charge in [-0.2, -0.15) is 0 Å². The molecule has 3 nitrogen and oxygen atoms in total. The van der Waals surface area contributed by atoms with Gasteiger partial charge >= 0.3 is 0 Å². The lowest BCUT2D eigenvalue weighted by molar-refractivity contribution is -0.133. The van der Waals surface area contributed by atoms with Crippen molar-refractivity contribution in [2.45, 2.75) is 0 Å². The van der Waals surface area contributed by atoms with E-state index in [0.29, 0.717) is 0 Å². The molecule has 0 aliphatic carbocycles. The summed E-state index contributed by atoms with van der Waals surface area (Å²) in [4.78, 5) is 20.9. The molecule has 0 atom stereocenters. The van der Waals surface area contributed by atoms with Crippen LogP contribution in [0.25, 0.3) is 0 Å². The highest BCUT2D eigenvalue weighted by atomic mass is 16.5. The molecule has 0 N–H and O–H groups in total. The summed E-state index contributed by atoms with van der Waals surface area (Å²) in [6.07, 6.45) is 2.21. The summed E-state index contributed by atoms with van der Waals surface area (Å²) in [5.74, 6) is -1.36. The van der Waals surface area contributed by atoms with E-state index in [0.717, 1.165) is 12.3 Å². The molecule has 0 saturated heterocycles. The Kier molecular flexibility index (Phi) is 1.18. The van der Waals surface area contributed by atoms with Gasteiger partial charge in [-0.3, -0.25) is 9.59 Å². The Bertz CT molecular complexity index is 212. The quantitative estimate of drug-likeness (QED) is 0.342. The third-order valence-electron chi connectivity index (χ3n) is 0.907. The average molecular weight is 124 g/mol. The maximum absolute atomic E-state index is 10.5. The highest BCUT2D eigenvalue weighted by Gasteiger charge is 2.18. The molecule has 0 aromatic carbocycles. The van der Waals surface area contributed by atoms with E-state index in [4.69, 9.17) is 0 Å². The molecule has 1 aliphatic heterocycles. The lowest BCUT2D eigenvalue weighted by Gasteiger charge is -2.03. The van der Waals surface area contributed by atoms with Crippen molar-refractivity contribution in [1.82, 2.24) is 0 Å². The van der Waals surface area contributed by atoms with Gasteiger partial charge in [-0.25, -0.2) is 0 Å². The lowest BCUT2D eigenvalue weighted by atomic mass is 10.2. The normalized spacial score (nSPS) is 18.0. The van der Waals surface area contributed by atoms with Crippen molar-refractivity contribution in [1.29, 1.82) is 0 Å². The molecule has 9 heavy (non-hydrogen) atoms. The largest absolute Gasteiger partial charge is 0.461 e. The molecule has 0 aromatic rings. The second kappa shape index (κ2) is 1.85. The minimum atomic E-state index is -0.669. The van der Waals surface area contributed by atoms with Crippen LogP contribution in [0.15, 0.2) is 24.7 Å². The van der Waals surface area contributed by atoms with Gasteiger partial charge < -0.3 is 4.74 Å². The molecule has 0 unspecified atom stereocenters. The van der Waals surface area contributed by atoms with Crippen LogP contribution in [-0.4, -0.2) is 11.6 Å². The van der Waals surface area contributed by atoms with E-state index in [1.54, 1.807) is 0 Å². The topological polar surface area (TPSA) is 43.4 Å². The standard InChI is InChI=1S/C6H4O3/c1-4-6(8)5(7)2-3-9-4/h2-3H,1H2. The molecule has 0 bridgehead atoms. The maximum atomic E-state index is 10.5. The third kappa shape index (κ3) is 0.887. The van der Waals surface area contributed by atoms with Gasteiger partial charge in [0.2, 0.25) is 5.78 Å². The van der Waals surface area contributed by atoms with Crippen LogP contribution in [0.4, 0.5) is 0 Å². The molecule has 1 heterocycles. The summed E-state index contributed by atoms with van der Waals surface area (Å²) in [7, 11) is 0. The predicted octanol–water partition coefficient (Wildman–Crippen LogP) is 0.182. The third-order valence-corrected chi connectivity index (χ3v) is 0.907. The number of ether oxygens (including phenoxy) is 1. The van der Waals surface area contributed by atoms with Crippen LogP contribution >= 0.6 is 0 Å². The fraction of sp³-hybridized carbons (Fsp3) is 0. The van der Waals surface area contributed by atoms with Crippen molar-refractivity contribution < 1.29 is 14.3 Å². The van der Waals surface area contributed by atoms with Gasteiger partial charge in [0, 0.05) is 6.08 Å². The molecule has 3 heteroatoms. The van der Waals surface area contributed by atoms with Gasteiger partial charge in [-0.1, -0.05) is 6.58 Å². The highest BCUT2D eigenvalue weighted by Crippen LogP contribution is 2.03. The maximum Gasteiger partial charge on any atom is 0.267 e. The Morgan fingerprint density at radius 3 is 2.56 bits per heavy atom. The zero-order valence-electron chi connectivity index (χ0n) is 4.59. The summed E-state index contributed by atoms with van der Waals surface area (Å²) in [6.45, 7) is 3.20. The number of rotatable bonds is 0. The van der Waals surface area contributed by atoms with Gasteiger partial charge in [0.25, 0.3) is 5.78 Å². The first-order chi connectivity index (χ1) is 4.22. The van der Waals surface area contributed by atoms with Gasteiger partial charge in [-0.05, 0) is 0 Å². The van der Waals surface area contributed by atoms with Crippen LogP contribution < -0.4 is 0 Å². The molecule has 0 spiro atoms. The molecule has 1 rings (SSSR count). The number of carbonyl (C=O) groups excluding carboxylic acids is 2. The molecule has 0 aromatic heterocycles. The zero-order valence-corrected chi connectivity index (χ0v) is 4.59. The van der Waals surface area contributed by atoms with E-state index in [1.807, 2.05) is 0 Å². The monoisotopic (exact) mass is 124 g/mol. The molecule has 1 aliphatic rings. The van der Waals surface area contributed by atoms with E-state index in [2.05, 4.69) is 11.3 Å². The Morgan fingerprint density at radius 2 is 2.11 bits per heavy atom. The minimum absolute atomic E-state index is 0.109. The predicted molar refractivity (Wildman–Crippen MR) is 29.4 cm³/mol. The minimum Gasteiger partial charge on any atom is -0.461 e. The Hall–Kier alpha value is -1.38. The van der Waals surface area contributed by atoms with Crippen molar-refractivity contribution in [3.05, 3.63) is 24.7 Å². The fourth-order valence-corrected chi connectivity index (χ4v) is 0.445. The fourth-order valence-electron chi connectivity index (χ4n) is 0.445. The van der Waals surface area contributed by atoms with Crippen LogP contribution in [0, 0.1) is 0 Å². The van der Waals surface area contributed by atoms with E-state index in [9.17, 15) is 9.59 Å². The lowest BCUT2D eigenvalue weighted by Crippen LogP contribution is -2.17. The second-order valence-corrected chi connectivity index (χ2v) is 1.54. The van der Waals surface area contributed by atoms with Crippen LogP contribution in [0.2, 0.25) is 0 Å². The summed E-state index contributed by atoms with van der Waals surface area (Å²) < 4.78 is 4.52. The number of Topliss-reactive ketones (excluding diaryl/α,β-unsaturated/α-hetero) is 1. The first-order valence-corrected chi connectivity index (χ1v) is 2.32. The summed E-state index contributed by atoms with van der Waals surface area (Å²) in [5.41, 5.74) is 0. The summed E-state index contributed by atoms with van der Waals surface area (Å²) >= 11 is 0. The molecule has 0 fully saturated rings. The molecular formula is C6H4O3. The number of allylic oxidation sites excluding steroid dienone is 2. The van der Waals surface area contributed by atoms with Gasteiger partial charge in [0.1, 0.15) is 0 Å². The summed E-state index contributed by atoms with van der Waals surface area (Å²) in [5, 5.41) is 0.